The van der Waals surface area contributed by atoms with E-state index in [2.05, 4.69) is 6.08 Å². The van der Waals surface area contributed by atoms with Gasteiger partial charge in [0.2, 0.25) is 10.0 Å². The first kappa shape index (κ1) is 33.6. The van der Waals surface area contributed by atoms with E-state index in [1.165, 1.54) is 17.5 Å². The number of hydrogen-bond acceptors (Lipinski definition) is 9. The first-order valence-electron chi connectivity index (χ1n) is 15.9. The number of benzene rings is 2. The van der Waals surface area contributed by atoms with Crippen LogP contribution in [-0.2, 0) is 46.8 Å². The second-order valence-electron chi connectivity index (χ2n) is 11.9. The maximum Gasteiger partial charge on any atom is 0.306 e. The monoisotopic (exact) mass is 643 g/mol. The van der Waals surface area contributed by atoms with Gasteiger partial charge in [-0.25, -0.2) is 8.42 Å². The summed E-state index contributed by atoms with van der Waals surface area (Å²) in [5, 5.41) is 11.7. The van der Waals surface area contributed by atoms with Crippen LogP contribution in [0.25, 0.3) is 0 Å². The zero-order chi connectivity index (χ0) is 31.6. The van der Waals surface area contributed by atoms with E-state index in [1.54, 1.807) is 12.1 Å². The lowest BCUT2D eigenvalue weighted by Crippen LogP contribution is -2.42. The van der Waals surface area contributed by atoms with E-state index in [9.17, 15) is 18.3 Å². The summed E-state index contributed by atoms with van der Waals surface area (Å²) in [5.41, 5.74) is 1.42. The molecule has 0 radical (unpaired) electrons. The molecule has 5 atom stereocenters. The molecule has 3 heterocycles. The summed E-state index contributed by atoms with van der Waals surface area (Å²) < 4.78 is 58.1. The number of carbonyl (C=O) groups excluding carboxylic acids is 1. The second-order valence-corrected chi connectivity index (χ2v) is 13.9. The van der Waals surface area contributed by atoms with Crippen LogP contribution in [0.4, 0.5) is 0 Å². The summed E-state index contributed by atoms with van der Waals surface area (Å²) in [6, 6.07) is 14.4. The van der Waals surface area contributed by atoms with Crippen molar-refractivity contribution in [3.63, 3.8) is 0 Å². The number of esters is 1. The van der Waals surface area contributed by atoms with E-state index in [1.807, 2.05) is 36.4 Å². The molecular formula is C34H45NO9S. The number of fused-ring (bicyclic) bond motifs is 2. The fraction of sp³-hybridized carbons (Fsp3) is 0.559. The number of carbonyl (C=O) groups is 1. The number of aliphatic hydroxyl groups excluding tert-OH is 1. The molecule has 3 aliphatic rings. The fourth-order valence-corrected chi connectivity index (χ4v) is 7.93. The molecule has 0 amide bonds. The van der Waals surface area contributed by atoms with Crippen LogP contribution in [0.5, 0.6) is 5.75 Å². The van der Waals surface area contributed by atoms with Crippen molar-refractivity contribution in [1.29, 1.82) is 0 Å². The topological polar surface area (TPSA) is 121 Å². The number of aliphatic hydroxyl groups is 1. The highest BCUT2D eigenvalue weighted by molar-refractivity contribution is 7.89. The maximum absolute atomic E-state index is 14.3. The number of rotatable bonds is 9. The van der Waals surface area contributed by atoms with E-state index in [4.69, 9.17) is 23.7 Å². The van der Waals surface area contributed by atoms with Gasteiger partial charge in [-0.1, -0.05) is 48.9 Å². The molecule has 0 aliphatic carbocycles. The van der Waals surface area contributed by atoms with Gasteiger partial charge in [0.1, 0.15) is 11.9 Å². The summed E-state index contributed by atoms with van der Waals surface area (Å²) in [6.07, 6.45) is 6.53. The van der Waals surface area contributed by atoms with E-state index >= 15 is 0 Å². The van der Waals surface area contributed by atoms with Gasteiger partial charge in [-0.3, -0.25) is 4.79 Å². The molecule has 2 aromatic carbocycles. The predicted molar refractivity (Wildman–Crippen MR) is 167 cm³/mol. The van der Waals surface area contributed by atoms with Crippen LogP contribution in [0, 0.1) is 11.8 Å². The SMILES string of the molecule is COc1ccc2c(c1)COC/C=C\CCCCCN(C[C@@H](O)[C@@H](CC(=O)O[C@H]1CO[C@H]3OCC[C@H]31)Cc1ccccc1)S2(=O)=O. The maximum atomic E-state index is 14.3. The molecular weight excluding hydrogens is 598 g/mol. The van der Waals surface area contributed by atoms with Crippen molar-refractivity contribution < 1.29 is 42.0 Å². The number of nitrogens with zero attached hydrogens (tertiary/aromatic N) is 1. The smallest absolute Gasteiger partial charge is 0.306 e. The van der Waals surface area contributed by atoms with Gasteiger partial charge in [-0.05, 0) is 55.9 Å². The predicted octanol–water partition coefficient (Wildman–Crippen LogP) is 4.25. The Labute approximate surface area is 266 Å². The molecule has 0 bridgehead atoms. The summed E-state index contributed by atoms with van der Waals surface area (Å²) in [4.78, 5) is 13.4. The van der Waals surface area contributed by atoms with Crippen molar-refractivity contribution in [2.75, 3.05) is 40.0 Å². The highest BCUT2D eigenvalue weighted by atomic mass is 32.2. The molecule has 10 nitrogen and oxygen atoms in total. The lowest BCUT2D eigenvalue weighted by molar-refractivity contribution is -0.153. The number of hydrogen-bond donors (Lipinski definition) is 1. The minimum absolute atomic E-state index is 0.00517. The second kappa shape index (κ2) is 16.2. The van der Waals surface area contributed by atoms with Crippen LogP contribution in [0.15, 0.2) is 65.6 Å². The van der Waals surface area contributed by atoms with Crippen LogP contribution < -0.4 is 4.74 Å². The summed E-state index contributed by atoms with van der Waals surface area (Å²) >= 11 is 0. The Balaban J connectivity index is 1.37. The lowest BCUT2D eigenvalue weighted by Gasteiger charge is -2.30. The van der Waals surface area contributed by atoms with Gasteiger partial charge in [-0.2, -0.15) is 4.31 Å². The van der Waals surface area contributed by atoms with Gasteiger partial charge in [-0.15, -0.1) is 0 Å². The molecule has 0 aromatic heterocycles. The molecule has 246 valence electrons. The molecule has 2 saturated heterocycles. The molecule has 1 N–H and O–H groups in total. The quantitative estimate of drug-likeness (QED) is 0.316. The third kappa shape index (κ3) is 8.93. The van der Waals surface area contributed by atoms with Gasteiger partial charge >= 0.3 is 5.97 Å². The normalized spacial score (nSPS) is 26.1. The van der Waals surface area contributed by atoms with Crippen molar-refractivity contribution >= 4 is 16.0 Å². The Morgan fingerprint density at radius 3 is 2.76 bits per heavy atom. The lowest BCUT2D eigenvalue weighted by atomic mass is 9.90. The highest BCUT2D eigenvalue weighted by Gasteiger charge is 2.44. The van der Waals surface area contributed by atoms with Crippen molar-refractivity contribution in [2.45, 2.75) is 74.9 Å². The standard InChI is InChI=1S/C34H45NO9S/c1-40-28-13-14-32-27(20-28)23-41-17-10-5-3-2-4-9-16-35(45(32,38)39)22-30(36)26(19-25-11-7-6-8-12-25)21-33(37)44-31-24-43-34-29(31)15-18-42-34/h5-8,10-14,20,26,29-31,34,36H,2-4,9,15-19,21-24H2,1H3/b10-5-/t26-,29+,30-,31+,34-/m1/s1. The van der Waals surface area contributed by atoms with E-state index in [0.29, 0.717) is 37.4 Å². The van der Waals surface area contributed by atoms with Crippen LogP contribution in [-0.4, -0.2) is 82.3 Å². The Morgan fingerprint density at radius 2 is 1.93 bits per heavy atom. The van der Waals surface area contributed by atoms with Crippen molar-refractivity contribution in [1.82, 2.24) is 4.31 Å². The minimum atomic E-state index is -4.04. The molecule has 11 heteroatoms. The summed E-state index contributed by atoms with van der Waals surface area (Å²) in [7, 11) is -2.51. The summed E-state index contributed by atoms with van der Waals surface area (Å²) in [6.45, 7) is 1.39. The zero-order valence-corrected chi connectivity index (χ0v) is 26.7. The van der Waals surface area contributed by atoms with Crippen LogP contribution in [0.1, 0.15) is 49.7 Å². The Kier molecular flexibility index (Phi) is 12.0. The Hall–Kier alpha value is -2.80. The largest absolute Gasteiger partial charge is 0.497 e. The minimum Gasteiger partial charge on any atom is -0.497 e. The first-order valence-corrected chi connectivity index (χ1v) is 17.3. The molecule has 2 aromatic rings. The Bertz CT molecular complexity index is 1380. The third-order valence-electron chi connectivity index (χ3n) is 8.77. The van der Waals surface area contributed by atoms with E-state index in [-0.39, 0.29) is 49.8 Å². The van der Waals surface area contributed by atoms with Crippen LogP contribution >= 0.6 is 0 Å². The van der Waals surface area contributed by atoms with Gasteiger partial charge in [0.05, 0.1) is 56.9 Å². The average Bonchev–Trinajstić information content (AvgIpc) is 3.66. The average molecular weight is 644 g/mol. The van der Waals surface area contributed by atoms with E-state index < -0.39 is 34.1 Å². The van der Waals surface area contributed by atoms with Gasteiger partial charge < -0.3 is 28.8 Å². The number of ether oxygens (including phenoxy) is 5. The molecule has 0 unspecified atom stereocenters. The number of methoxy groups -OCH3 is 1. The fourth-order valence-electron chi connectivity index (χ4n) is 6.24. The molecule has 45 heavy (non-hydrogen) atoms. The van der Waals surface area contributed by atoms with Crippen LogP contribution in [0.3, 0.4) is 0 Å². The van der Waals surface area contributed by atoms with Gasteiger partial charge in [0, 0.05) is 24.6 Å². The third-order valence-corrected chi connectivity index (χ3v) is 10.7. The molecule has 3 aliphatic heterocycles. The highest BCUT2D eigenvalue weighted by Crippen LogP contribution is 2.34. The molecule has 0 saturated carbocycles. The summed E-state index contributed by atoms with van der Waals surface area (Å²) in [5.74, 6) is -0.487. The van der Waals surface area contributed by atoms with E-state index in [0.717, 1.165) is 31.2 Å². The van der Waals surface area contributed by atoms with Crippen molar-refractivity contribution in [2.24, 2.45) is 11.8 Å². The molecule has 0 spiro atoms. The number of allylic oxidation sites excluding steroid dienone is 1. The van der Waals surface area contributed by atoms with Crippen LogP contribution in [0.2, 0.25) is 0 Å². The number of sulfonamides is 1. The van der Waals surface area contributed by atoms with Gasteiger partial charge in [0.25, 0.3) is 0 Å². The molecule has 5 rings (SSSR count). The van der Waals surface area contributed by atoms with Crippen molar-refractivity contribution in [3.8, 4) is 5.75 Å². The zero-order valence-electron chi connectivity index (χ0n) is 25.9. The first-order chi connectivity index (χ1) is 21.8. The van der Waals surface area contributed by atoms with Crippen molar-refractivity contribution in [3.05, 3.63) is 71.8 Å². The van der Waals surface area contributed by atoms with Gasteiger partial charge in [0.15, 0.2) is 6.29 Å². The molecule has 2 fully saturated rings. The Morgan fingerprint density at radius 1 is 1.09 bits per heavy atom. The number of β-amino-alcohol motifs (C(OH)–C–C–N with tert-alkyl or cyclic N) is 1.